The number of amides is 3. The van der Waals surface area contributed by atoms with Gasteiger partial charge in [0.2, 0.25) is 0 Å². The molecular formula is C18H28N3O3+. The average molecular weight is 334 g/mol. The molecule has 0 aliphatic carbocycles. The number of imide groups is 1. The van der Waals surface area contributed by atoms with Crippen molar-refractivity contribution >= 4 is 11.9 Å². The lowest BCUT2D eigenvalue weighted by Crippen LogP contribution is -3.09. The van der Waals surface area contributed by atoms with E-state index in [1.54, 1.807) is 6.08 Å². The number of nitrogens with one attached hydrogen (secondary N) is 3. The summed E-state index contributed by atoms with van der Waals surface area (Å²) in [5.41, 5.74) is 1.09. The quantitative estimate of drug-likeness (QED) is 0.587. The molecule has 0 bridgehead atoms. The zero-order valence-corrected chi connectivity index (χ0v) is 14.7. The predicted octanol–water partition coefficient (Wildman–Crippen LogP) is 0.890. The Morgan fingerprint density at radius 3 is 2.58 bits per heavy atom. The Bertz CT molecular complexity index is 543. The number of quaternary nitrogens is 1. The fourth-order valence-electron chi connectivity index (χ4n) is 2.08. The van der Waals surface area contributed by atoms with Crippen LogP contribution in [0.4, 0.5) is 4.79 Å². The molecule has 1 rings (SSSR count). The minimum absolute atomic E-state index is 0.0460. The topological polar surface area (TPSA) is 71.9 Å². The molecule has 0 aliphatic rings. The number of carbonyl (C=O) groups is 2. The first kappa shape index (κ1) is 19.7. The highest BCUT2D eigenvalue weighted by Crippen LogP contribution is 2.11. The van der Waals surface area contributed by atoms with Gasteiger partial charge in [0.1, 0.15) is 18.9 Å². The zero-order chi connectivity index (χ0) is 17.9. The lowest BCUT2D eigenvalue weighted by atomic mass is 10.2. The number of rotatable bonds is 9. The average Bonchev–Trinajstić information content (AvgIpc) is 2.53. The van der Waals surface area contributed by atoms with Crippen molar-refractivity contribution in [3.63, 3.8) is 0 Å². The monoisotopic (exact) mass is 334 g/mol. The van der Waals surface area contributed by atoms with E-state index in [0.717, 1.165) is 22.6 Å². The van der Waals surface area contributed by atoms with Crippen molar-refractivity contribution in [2.24, 2.45) is 0 Å². The highest BCUT2D eigenvalue weighted by atomic mass is 16.5. The van der Waals surface area contributed by atoms with Gasteiger partial charge in [-0.05, 0) is 37.6 Å². The van der Waals surface area contributed by atoms with E-state index >= 15 is 0 Å². The van der Waals surface area contributed by atoms with Gasteiger partial charge in [0.15, 0.2) is 6.54 Å². The van der Waals surface area contributed by atoms with Crippen LogP contribution in [0, 0.1) is 0 Å². The van der Waals surface area contributed by atoms with Crippen LogP contribution in [0.25, 0.3) is 0 Å². The Kier molecular flexibility index (Phi) is 8.57. The van der Waals surface area contributed by atoms with E-state index in [-0.39, 0.29) is 18.5 Å². The Morgan fingerprint density at radius 1 is 1.33 bits per heavy atom. The second kappa shape index (κ2) is 10.4. The Hall–Kier alpha value is -2.34. The van der Waals surface area contributed by atoms with Crippen LogP contribution in [0.15, 0.2) is 36.9 Å². The number of likely N-dealkylation sites (N-methyl/N-ethyl adjacent to an activating group) is 1. The van der Waals surface area contributed by atoms with Gasteiger partial charge in [-0.25, -0.2) is 4.79 Å². The molecule has 0 fully saturated rings. The third kappa shape index (κ3) is 7.78. The lowest BCUT2D eigenvalue weighted by molar-refractivity contribution is -0.885. The van der Waals surface area contributed by atoms with Crippen LogP contribution in [-0.4, -0.2) is 38.2 Å². The number of hydrogen-bond donors (Lipinski definition) is 3. The molecule has 1 unspecified atom stereocenters. The maximum Gasteiger partial charge on any atom is 0.321 e. The van der Waals surface area contributed by atoms with E-state index in [9.17, 15) is 9.59 Å². The Morgan fingerprint density at radius 2 is 2.00 bits per heavy atom. The highest BCUT2D eigenvalue weighted by Gasteiger charge is 2.14. The molecule has 2 atom stereocenters. The summed E-state index contributed by atoms with van der Waals surface area (Å²) in [7, 11) is 1.91. The van der Waals surface area contributed by atoms with Crippen molar-refractivity contribution in [1.82, 2.24) is 10.6 Å². The van der Waals surface area contributed by atoms with Crippen LogP contribution in [0.2, 0.25) is 0 Å². The molecule has 0 saturated carbocycles. The third-order valence-corrected chi connectivity index (χ3v) is 3.50. The summed E-state index contributed by atoms with van der Waals surface area (Å²) < 4.78 is 5.43. The molecule has 132 valence electrons. The summed E-state index contributed by atoms with van der Waals surface area (Å²) >= 11 is 0. The van der Waals surface area contributed by atoms with Crippen LogP contribution in [0.5, 0.6) is 5.75 Å². The SMILES string of the molecule is C=CCOc1ccc(C[NH+](C)CC(=O)NC(=O)N[C@@H](C)CC)cc1. The van der Waals surface area contributed by atoms with E-state index < -0.39 is 6.03 Å². The van der Waals surface area contributed by atoms with Crippen molar-refractivity contribution in [3.8, 4) is 5.75 Å². The van der Waals surface area contributed by atoms with Gasteiger partial charge in [-0.3, -0.25) is 10.1 Å². The molecule has 0 spiro atoms. The van der Waals surface area contributed by atoms with Crippen molar-refractivity contribution in [3.05, 3.63) is 42.5 Å². The standard InChI is InChI=1S/C18H27N3O3/c1-5-11-24-16-9-7-15(8-10-16)12-21(4)13-17(22)20-18(23)19-14(3)6-2/h5,7-10,14H,1,6,11-13H2,2-4H3,(H2,19,20,22,23)/p+1/t14-/m0/s1. The summed E-state index contributed by atoms with van der Waals surface area (Å²) in [6, 6.07) is 7.33. The molecule has 0 heterocycles. The van der Waals surface area contributed by atoms with Crippen LogP contribution in [0.1, 0.15) is 25.8 Å². The summed E-state index contributed by atoms with van der Waals surface area (Å²) in [6.45, 7) is 8.85. The number of ether oxygens (including phenoxy) is 1. The Balaban J connectivity index is 2.39. The number of hydrogen-bond acceptors (Lipinski definition) is 3. The third-order valence-electron chi connectivity index (χ3n) is 3.50. The van der Waals surface area contributed by atoms with Gasteiger partial charge in [0.25, 0.3) is 5.91 Å². The van der Waals surface area contributed by atoms with E-state index in [1.165, 1.54) is 0 Å². The molecule has 6 heteroatoms. The first-order valence-electron chi connectivity index (χ1n) is 8.18. The van der Waals surface area contributed by atoms with Gasteiger partial charge in [-0.15, -0.1) is 0 Å². The smallest absolute Gasteiger partial charge is 0.321 e. The van der Waals surface area contributed by atoms with E-state index in [1.807, 2.05) is 45.2 Å². The maximum atomic E-state index is 11.9. The molecule has 1 aromatic carbocycles. The van der Waals surface area contributed by atoms with E-state index in [2.05, 4.69) is 17.2 Å². The second-order valence-electron chi connectivity index (χ2n) is 5.89. The van der Waals surface area contributed by atoms with Gasteiger partial charge in [-0.2, -0.15) is 0 Å². The molecule has 0 aliphatic heterocycles. The van der Waals surface area contributed by atoms with Crippen LogP contribution >= 0.6 is 0 Å². The first-order chi connectivity index (χ1) is 11.4. The maximum absolute atomic E-state index is 11.9. The van der Waals surface area contributed by atoms with Crippen molar-refractivity contribution in [2.75, 3.05) is 20.2 Å². The van der Waals surface area contributed by atoms with Crippen LogP contribution in [-0.2, 0) is 11.3 Å². The minimum Gasteiger partial charge on any atom is -0.490 e. The lowest BCUT2D eigenvalue weighted by Gasteiger charge is -2.15. The van der Waals surface area contributed by atoms with E-state index in [4.69, 9.17) is 4.74 Å². The van der Waals surface area contributed by atoms with Gasteiger partial charge in [0, 0.05) is 11.6 Å². The highest BCUT2D eigenvalue weighted by molar-refractivity contribution is 5.94. The van der Waals surface area contributed by atoms with Crippen LogP contribution < -0.4 is 20.3 Å². The van der Waals surface area contributed by atoms with Gasteiger partial charge in [0.05, 0.1) is 7.05 Å². The van der Waals surface area contributed by atoms with E-state index in [0.29, 0.717) is 13.2 Å². The molecule has 24 heavy (non-hydrogen) atoms. The molecule has 3 amide bonds. The van der Waals surface area contributed by atoms with Crippen molar-refractivity contribution in [2.45, 2.75) is 32.9 Å². The summed E-state index contributed by atoms with van der Waals surface area (Å²) in [4.78, 5) is 24.5. The molecular weight excluding hydrogens is 306 g/mol. The molecule has 6 nitrogen and oxygen atoms in total. The summed E-state index contributed by atoms with van der Waals surface area (Å²) in [6.07, 6.45) is 2.52. The van der Waals surface area contributed by atoms with Crippen molar-refractivity contribution in [1.29, 1.82) is 0 Å². The molecule has 3 N–H and O–H groups in total. The second-order valence-corrected chi connectivity index (χ2v) is 5.89. The fourth-order valence-corrected chi connectivity index (χ4v) is 2.08. The number of carbonyl (C=O) groups excluding carboxylic acids is 2. The molecule has 0 aromatic heterocycles. The van der Waals surface area contributed by atoms with Gasteiger partial charge < -0.3 is 15.0 Å². The van der Waals surface area contributed by atoms with Crippen LogP contribution in [0.3, 0.4) is 0 Å². The summed E-state index contributed by atoms with van der Waals surface area (Å²) in [5.74, 6) is 0.495. The van der Waals surface area contributed by atoms with Crippen molar-refractivity contribution < 1.29 is 19.2 Å². The zero-order valence-electron chi connectivity index (χ0n) is 14.7. The largest absolute Gasteiger partial charge is 0.490 e. The number of benzene rings is 1. The number of urea groups is 1. The molecule has 1 aromatic rings. The van der Waals surface area contributed by atoms with Gasteiger partial charge in [-0.1, -0.05) is 19.6 Å². The molecule has 0 radical (unpaired) electrons. The van der Waals surface area contributed by atoms with Gasteiger partial charge >= 0.3 is 6.03 Å². The normalized spacial score (nSPS) is 12.8. The minimum atomic E-state index is -0.439. The predicted molar refractivity (Wildman–Crippen MR) is 94.0 cm³/mol. The fraction of sp³-hybridized carbons (Fsp3) is 0.444. The Labute approximate surface area is 143 Å². The first-order valence-corrected chi connectivity index (χ1v) is 8.18. The molecule has 0 saturated heterocycles. The summed E-state index contributed by atoms with van der Waals surface area (Å²) in [5, 5.41) is 5.06.